The Bertz CT molecular complexity index is 1100. The maximum Gasteiger partial charge on any atom is 0.277 e. The SMILES string of the molecule is Cc1csc2nc(C(=O)Nc3nc(-c4ccc(Cl)cc4Cl)cs3)cn12. The number of carbonyl (C=O) groups excluding carboxylic acids is 1. The van der Waals surface area contributed by atoms with E-state index in [4.69, 9.17) is 23.2 Å². The van der Waals surface area contributed by atoms with Gasteiger partial charge in [-0.2, -0.15) is 0 Å². The third kappa shape index (κ3) is 3.16. The van der Waals surface area contributed by atoms with Crippen LogP contribution in [-0.4, -0.2) is 20.3 Å². The van der Waals surface area contributed by atoms with Gasteiger partial charge in [0.1, 0.15) is 5.69 Å². The summed E-state index contributed by atoms with van der Waals surface area (Å²) in [6.45, 7) is 1.97. The zero-order valence-electron chi connectivity index (χ0n) is 12.8. The van der Waals surface area contributed by atoms with Crippen molar-refractivity contribution in [1.29, 1.82) is 0 Å². The molecule has 3 heterocycles. The molecule has 5 nitrogen and oxygen atoms in total. The summed E-state index contributed by atoms with van der Waals surface area (Å²) in [6, 6.07) is 5.22. The largest absolute Gasteiger partial charge is 0.296 e. The van der Waals surface area contributed by atoms with E-state index >= 15 is 0 Å². The van der Waals surface area contributed by atoms with Gasteiger partial charge in [0.15, 0.2) is 10.1 Å². The minimum atomic E-state index is -0.293. The van der Waals surface area contributed by atoms with Crippen molar-refractivity contribution in [2.45, 2.75) is 6.92 Å². The van der Waals surface area contributed by atoms with E-state index in [-0.39, 0.29) is 5.91 Å². The van der Waals surface area contributed by atoms with Gasteiger partial charge < -0.3 is 0 Å². The van der Waals surface area contributed by atoms with Gasteiger partial charge in [0.2, 0.25) is 0 Å². The quantitative estimate of drug-likeness (QED) is 0.494. The second kappa shape index (κ2) is 6.42. The number of carbonyl (C=O) groups is 1. The summed E-state index contributed by atoms with van der Waals surface area (Å²) in [5, 5.41) is 8.17. The van der Waals surface area contributed by atoms with Gasteiger partial charge >= 0.3 is 0 Å². The molecule has 9 heteroatoms. The summed E-state index contributed by atoms with van der Waals surface area (Å²) in [5.41, 5.74) is 2.85. The van der Waals surface area contributed by atoms with Crippen LogP contribution < -0.4 is 5.32 Å². The first kappa shape index (κ1) is 16.5. The monoisotopic (exact) mass is 408 g/mol. The Kier molecular flexibility index (Phi) is 4.24. The minimum Gasteiger partial charge on any atom is -0.296 e. The average Bonchev–Trinajstić information content (AvgIpc) is 3.25. The van der Waals surface area contributed by atoms with Crippen LogP contribution in [0.2, 0.25) is 10.0 Å². The Balaban J connectivity index is 1.57. The number of anilines is 1. The van der Waals surface area contributed by atoms with Crippen LogP contribution in [0.5, 0.6) is 0 Å². The molecule has 0 fully saturated rings. The van der Waals surface area contributed by atoms with Crippen molar-refractivity contribution in [3.05, 3.63) is 56.6 Å². The molecular weight excluding hydrogens is 399 g/mol. The number of fused-ring (bicyclic) bond motifs is 1. The highest BCUT2D eigenvalue weighted by Crippen LogP contribution is 2.32. The molecule has 3 aromatic heterocycles. The maximum absolute atomic E-state index is 12.4. The van der Waals surface area contributed by atoms with Crippen molar-refractivity contribution in [3.63, 3.8) is 0 Å². The summed E-state index contributed by atoms with van der Waals surface area (Å²) in [7, 11) is 0. The molecule has 0 unspecified atom stereocenters. The van der Waals surface area contributed by atoms with E-state index in [2.05, 4.69) is 15.3 Å². The van der Waals surface area contributed by atoms with E-state index in [9.17, 15) is 4.79 Å². The van der Waals surface area contributed by atoms with Crippen molar-refractivity contribution in [2.24, 2.45) is 0 Å². The van der Waals surface area contributed by atoms with Crippen LogP contribution >= 0.6 is 45.9 Å². The number of rotatable bonds is 3. The normalized spacial score (nSPS) is 11.2. The molecule has 0 bridgehead atoms. The highest BCUT2D eigenvalue weighted by molar-refractivity contribution is 7.15. The second-order valence-corrected chi connectivity index (χ2v) is 7.81. The summed E-state index contributed by atoms with van der Waals surface area (Å²) in [6.07, 6.45) is 1.72. The highest BCUT2D eigenvalue weighted by atomic mass is 35.5. The van der Waals surface area contributed by atoms with Gasteiger partial charge in [-0.15, -0.1) is 22.7 Å². The Morgan fingerprint density at radius 2 is 2.04 bits per heavy atom. The highest BCUT2D eigenvalue weighted by Gasteiger charge is 2.15. The molecule has 126 valence electrons. The molecule has 0 spiro atoms. The van der Waals surface area contributed by atoms with Crippen LogP contribution in [0, 0.1) is 6.92 Å². The molecule has 0 saturated carbocycles. The first-order chi connectivity index (χ1) is 12.0. The number of imidazole rings is 1. The lowest BCUT2D eigenvalue weighted by Gasteiger charge is -2.01. The lowest BCUT2D eigenvalue weighted by molar-refractivity contribution is 0.102. The van der Waals surface area contributed by atoms with Gasteiger partial charge in [-0.1, -0.05) is 23.2 Å². The molecule has 0 atom stereocenters. The number of amides is 1. The van der Waals surface area contributed by atoms with Gasteiger partial charge in [0, 0.05) is 33.2 Å². The van der Waals surface area contributed by atoms with Crippen LogP contribution in [0.1, 0.15) is 16.2 Å². The molecule has 4 aromatic rings. The molecule has 1 N–H and O–H groups in total. The summed E-state index contributed by atoms with van der Waals surface area (Å²) >= 11 is 14.9. The van der Waals surface area contributed by atoms with E-state index in [1.54, 1.807) is 24.4 Å². The predicted molar refractivity (Wildman–Crippen MR) is 103 cm³/mol. The molecule has 0 saturated heterocycles. The van der Waals surface area contributed by atoms with Gasteiger partial charge in [0.05, 0.1) is 10.7 Å². The Morgan fingerprint density at radius 1 is 1.20 bits per heavy atom. The number of halogens is 2. The van der Waals surface area contributed by atoms with Gasteiger partial charge in [0.25, 0.3) is 5.91 Å². The van der Waals surface area contributed by atoms with E-state index < -0.39 is 0 Å². The van der Waals surface area contributed by atoms with Gasteiger partial charge in [-0.05, 0) is 25.1 Å². The number of hydrogen-bond donors (Lipinski definition) is 1. The average molecular weight is 409 g/mol. The molecule has 0 aliphatic carbocycles. The fourth-order valence-electron chi connectivity index (χ4n) is 2.32. The van der Waals surface area contributed by atoms with Crippen molar-refractivity contribution >= 4 is 61.9 Å². The lowest BCUT2D eigenvalue weighted by Crippen LogP contribution is -2.12. The molecule has 0 aliphatic rings. The fraction of sp³-hybridized carbons (Fsp3) is 0.0625. The van der Waals surface area contributed by atoms with E-state index in [1.807, 2.05) is 22.1 Å². The second-order valence-electron chi connectivity index (χ2n) is 5.27. The molecule has 0 aliphatic heterocycles. The number of nitrogens with one attached hydrogen (secondary N) is 1. The predicted octanol–water partition coefficient (Wildman–Crippen LogP) is 5.39. The van der Waals surface area contributed by atoms with E-state index in [0.717, 1.165) is 16.2 Å². The topological polar surface area (TPSA) is 59.3 Å². The van der Waals surface area contributed by atoms with Gasteiger partial charge in [-0.3, -0.25) is 14.5 Å². The van der Waals surface area contributed by atoms with Crippen molar-refractivity contribution < 1.29 is 4.79 Å². The first-order valence-corrected chi connectivity index (χ1v) is 9.68. The Hall–Kier alpha value is -1.93. The summed E-state index contributed by atoms with van der Waals surface area (Å²) in [4.78, 5) is 21.9. The standard InChI is InChI=1S/C16H10Cl2N4OS2/c1-8-6-25-16-20-12(5-22(8)16)14(23)21-15-19-13(7-24-15)10-3-2-9(17)4-11(10)18/h2-7H,1H3,(H,19,21,23). The Morgan fingerprint density at radius 3 is 2.80 bits per heavy atom. The molecule has 4 rings (SSSR count). The fourth-order valence-corrected chi connectivity index (χ4v) is 4.38. The number of benzene rings is 1. The van der Waals surface area contributed by atoms with E-state index in [1.165, 1.54) is 22.7 Å². The third-order valence-electron chi connectivity index (χ3n) is 3.55. The molecule has 0 radical (unpaired) electrons. The molecule has 25 heavy (non-hydrogen) atoms. The number of aryl methyl sites for hydroxylation is 1. The van der Waals surface area contributed by atoms with Crippen molar-refractivity contribution in [1.82, 2.24) is 14.4 Å². The first-order valence-electron chi connectivity index (χ1n) is 7.17. The van der Waals surface area contributed by atoms with Gasteiger partial charge in [-0.25, -0.2) is 9.97 Å². The molecule has 1 amide bonds. The Labute approximate surface area is 160 Å². The zero-order chi connectivity index (χ0) is 17.6. The van der Waals surface area contributed by atoms with Crippen LogP contribution in [0.15, 0.2) is 35.2 Å². The summed E-state index contributed by atoms with van der Waals surface area (Å²) < 4.78 is 1.89. The minimum absolute atomic E-state index is 0.293. The number of nitrogens with zero attached hydrogens (tertiary/aromatic N) is 3. The molecular formula is C16H10Cl2N4OS2. The number of hydrogen-bond acceptors (Lipinski definition) is 5. The molecule has 1 aromatic carbocycles. The van der Waals surface area contributed by atoms with Crippen molar-refractivity contribution in [2.75, 3.05) is 5.32 Å². The zero-order valence-corrected chi connectivity index (χ0v) is 15.9. The van der Waals surface area contributed by atoms with Crippen LogP contribution in [0.3, 0.4) is 0 Å². The van der Waals surface area contributed by atoms with Crippen molar-refractivity contribution in [3.8, 4) is 11.3 Å². The number of aromatic nitrogens is 3. The maximum atomic E-state index is 12.4. The third-order valence-corrected chi connectivity index (χ3v) is 5.82. The summed E-state index contributed by atoms with van der Waals surface area (Å²) in [5.74, 6) is -0.293. The lowest BCUT2D eigenvalue weighted by atomic mass is 10.2. The van der Waals surface area contributed by atoms with Crippen LogP contribution in [0.25, 0.3) is 16.2 Å². The van der Waals surface area contributed by atoms with Crippen LogP contribution in [0.4, 0.5) is 5.13 Å². The number of thiazole rings is 2. The van der Waals surface area contributed by atoms with E-state index in [0.29, 0.717) is 26.6 Å². The smallest absolute Gasteiger partial charge is 0.277 e. The van der Waals surface area contributed by atoms with Crippen LogP contribution in [-0.2, 0) is 0 Å².